The standard InChI is InChI=1S/C11H18N2/c1-10(2)13-12-9-8-11-6-4-3-5-7-11/h3-7,10,12-13H,8-9H2,1-2H3. The van der Waals surface area contributed by atoms with E-state index >= 15 is 0 Å². The second-order valence-electron chi connectivity index (χ2n) is 3.46. The van der Waals surface area contributed by atoms with Crippen molar-refractivity contribution in [3.05, 3.63) is 35.9 Å². The van der Waals surface area contributed by atoms with Gasteiger partial charge in [-0.15, -0.1) is 0 Å². The molecule has 0 bridgehead atoms. The van der Waals surface area contributed by atoms with Gasteiger partial charge in [-0.25, -0.2) is 0 Å². The molecule has 0 heterocycles. The highest BCUT2D eigenvalue weighted by Gasteiger charge is 1.92. The molecule has 72 valence electrons. The molecule has 1 rings (SSSR count). The summed E-state index contributed by atoms with van der Waals surface area (Å²) < 4.78 is 0. The Morgan fingerprint density at radius 1 is 1.15 bits per heavy atom. The maximum atomic E-state index is 3.18. The molecular weight excluding hydrogens is 160 g/mol. The maximum absolute atomic E-state index is 3.18. The van der Waals surface area contributed by atoms with E-state index < -0.39 is 0 Å². The van der Waals surface area contributed by atoms with Gasteiger partial charge >= 0.3 is 0 Å². The van der Waals surface area contributed by atoms with E-state index in [4.69, 9.17) is 0 Å². The van der Waals surface area contributed by atoms with Gasteiger partial charge in [-0.05, 0) is 25.8 Å². The summed E-state index contributed by atoms with van der Waals surface area (Å²) >= 11 is 0. The smallest absolute Gasteiger partial charge is 0.0156 e. The summed E-state index contributed by atoms with van der Waals surface area (Å²) in [5, 5.41) is 0. The van der Waals surface area contributed by atoms with E-state index in [9.17, 15) is 0 Å². The predicted octanol–water partition coefficient (Wildman–Crippen LogP) is 1.73. The summed E-state index contributed by atoms with van der Waals surface area (Å²) in [6.07, 6.45) is 1.07. The molecule has 0 fully saturated rings. The molecule has 0 radical (unpaired) electrons. The number of rotatable bonds is 5. The van der Waals surface area contributed by atoms with Gasteiger partial charge in [-0.3, -0.25) is 10.9 Å². The molecule has 0 spiro atoms. The van der Waals surface area contributed by atoms with E-state index in [0.717, 1.165) is 13.0 Å². The molecule has 0 aromatic heterocycles. The van der Waals surface area contributed by atoms with Gasteiger partial charge in [-0.1, -0.05) is 30.3 Å². The fourth-order valence-electron chi connectivity index (χ4n) is 1.13. The SMILES string of the molecule is CC(C)NNCCc1ccccc1. The molecule has 0 aliphatic heterocycles. The summed E-state index contributed by atoms with van der Waals surface area (Å²) in [4.78, 5) is 0. The van der Waals surface area contributed by atoms with Crippen LogP contribution in [0.25, 0.3) is 0 Å². The quantitative estimate of drug-likeness (QED) is 0.530. The summed E-state index contributed by atoms with van der Waals surface area (Å²) in [7, 11) is 0. The molecule has 0 atom stereocenters. The Morgan fingerprint density at radius 2 is 1.85 bits per heavy atom. The molecule has 2 N–H and O–H groups in total. The lowest BCUT2D eigenvalue weighted by Crippen LogP contribution is -2.38. The first kappa shape index (κ1) is 10.2. The average Bonchev–Trinajstić information content (AvgIpc) is 2.14. The molecule has 0 aliphatic carbocycles. The Hall–Kier alpha value is -0.860. The Morgan fingerprint density at radius 3 is 2.46 bits per heavy atom. The van der Waals surface area contributed by atoms with Gasteiger partial charge in [0, 0.05) is 12.6 Å². The zero-order valence-corrected chi connectivity index (χ0v) is 8.38. The molecule has 0 saturated heterocycles. The van der Waals surface area contributed by atoms with Gasteiger partial charge in [0.2, 0.25) is 0 Å². The lowest BCUT2D eigenvalue weighted by atomic mass is 10.2. The van der Waals surface area contributed by atoms with Crippen LogP contribution in [-0.2, 0) is 6.42 Å². The fourth-order valence-corrected chi connectivity index (χ4v) is 1.13. The van der Waals surface area contributed by atoms with E-state index in [2.05, 4.69) is 49.0 Å². The second kappa shape index (κ2) is 5.73. The van der Waals surface area contributed by atoms with Crippen molar-refractivity contribution < 1.29 is 0 Å². The van der Waals surface area contributed by atoms with Crippen molar-refractivity contribution in [3.8, 4) is 0 Å². The lowest BCUT2D eigenvalue weighted by Gasteiger charge is -2.09. The van der Waals surface area contributed by atoms with E-state index in [-0.39, 0.29) is 0 Å². The van der Waals surface area contributed by atoms with Crippen LogP contribution in [0.5, 0.6) is 0 Å². The van der Waals surface area contributed by atoms with Gasteiger partial charge < -0.3 is 0 Å². The largest absolute Gasteiger partial charge is 0.257 e. The predicted molar refractivity (Wildman–Crippen MR) is 56.4 cm³/mol. The van der Waals surface area contributed by atoms with Crippen molar-refractivity contribution in [2.24, 2.45) is 0 Å². The van der Waals surface area contributed by atoms with Crippen LogP contribution in [0, 0.1) is 0 Å². The van der Waals surface area contributed by atoms with Gasteiger partial charge in [0.1, 0.15) is 0 Å². The Balaban J connectivity index is 2.13. The topological polar surface area (TPSA) is 24.1 Å². The van der Waals surface area contributed by atoms with Crippen LogP contribution in [0.1, 0.15) is 19.4 Å². The number of nitrogens with one attached hydrogen (secondary N) is 2. The van der Waals surface area contributed by atoms with Crippen LogP contribution >= 0.6 is 0 Å². The molecule has 0 unspecified atom stereocenters. The van der Waals surface area contributed by atoms with Crippen molar-refractivity contribution in [2.75, 3.05) is 6.54 Å². The molecule has 13 heavy (non-hydrogen) atoms. The van der Waals surface area contributed by atoms with E-state index in [1.807, 2.05) is 6.07 Å². The Kier molecular flexibility index (Phi) is 4.50. The lowest BCUT2D eigenvalue weighted by molar-refractivity contribution is 0.475. The zero-order chi connectivity index (χ0) is 9.52. The normalized spacial score (nSPS) is 10.7. The maximum Gasteiger partial charge on any atom is 0.0156 e. The number of hydrogen-bond donors (Lipinski definition) is 2. The van der Waals surface area contributed by atoms with Crippen LogP contribution < -0.4 is 10.9 Å². The van der Waals surface area contributed by atoms with Gasteiger partial charge in [0.05, 0.1) is 0 Å². The van der Waals surface area contributed by atoms with Gasteiger partial charge in [0.25, 0.3) is 0 Å². The van der Waals surface area contributed by atoms with Crippen molar-refractivity contribution in [1.82, 2.24) is 10.9 Å². The van der Waals surface area contributed by atoms with Crippen molar-refractivity contribution >= 4 is 0 Å². The molecule has 0 aliphatic rings. The first-order chi connectivity index (χ1) is 6.29. The first-order valence-corrected chi connectivity index (χ1v) is 4.81. The average molecular weight is 178 g/mol. The number of hydrogen-bond acceptors (Lipinski definition) is 2. The van der Waals surface area contributed by atoms with E-state index in [1.165, 1.54) is 5.56 Å². The minimum atomic E-state index is 0.496. The fraction of sp³-hybridized carbons (Fsp3) is 0.455. The van der Waals surface area contributed by atoms with Crippen molar-refractivity contribution in [2.45, 2.75) is 26.3 Å². The minimum absolute atomic E-state index is 0.496. The van der Waals surface area contributed by atoms with E-state index in [1.54, 1.807) is 0 Å². The number of hydrazine groups is 1. The molecular formula is C11H18N2. The summed E-state index contributed by atoms with van der Waals surface area (Å²) in [5.41, 5.74) is 7.72. The summed E-state index contributed by atoms with van der Waals surface area (Å²) in [6, 6.07) is 11.0. The van der Waals surface area contributed by atoms with Gasteiger partial charge in [-0.2, -0.15) is 0 Å². The summed E-state index contributed by atoms with van der Waals surface area (Å²) in [6.45, 7) is 5.22. The highest BCUT2D eigenvalue weighted by atomic mass is 15.4. The summed E-state index contributed by atoms with van der Waals surface area (Å²) in [5.74, 6) is 0. The van der Waals surface area contributed by atoms with Gasteiger partial charge in [0.15, 0.2) is 0 Å². The minimum Gasteiger partial charge on any atom is -0.257 e. The third-order valence-corrected chi connectivity index (χ3v) is 1.77. The van der Waals surface area contributed by atoms with Crippen molar-refractivity contribution in [3.63, 3.8) is 0 Å². The molecule has 0 amide bonds. The number of benzene rings is 1. The second-order valence-corrected chi connectivity index (χ2v) is 3.46. The first-order valence-electron chi connectivity index (χ1n) is 4.81. The Labute approximate surface area is 80.3 Å². The third-order valence-electron chi connectivity index (χ3n) is 1.77. The zero-order valence-electron chi connectivity index (χ0n) is 8.38. The molecule has 2 heteroatoms. The highest BCUT2D eigenvalue weighted by molar-refractivity contribution is 5.14. The third kappa shape index (κ3) is 4.65. The highest BCUT2D eigenvalue weighted by Crippen LogP contribution is 1.97. The molecule has 1 aromatic rings. The molecule has 2 nitrogen and oxygen atoms in total. The molecule has 1 aromatic carbocycles. The monoisotopic (exact) mass is 178 g/mol. The van der Waals surface area contributed by atoms with Crippen molar-refractivity contribution in [1.29, 1.82) is 0 Å². The van der Waals surface area contributed by atoms with Crippen LogP contribution in [0.3, 0.4) is 0 Å². The van der Waals surface area contributed by atoms with Crippen LogP contribution in [0.4, 0.5) is 0 Å². The van der Waals surface area contributed by atoms with Crippen LogP contribution in [0.2, 0.25) is 0 Å². The van der Waals surface area contributed by atoms with Crippen LogP contribution in [-0.4, -0.2) is 12.6 Å². The molecule has 0 saturated carbocycles. The van der Waals surface area contributed by atoms with Crippen LogP contribution in [0.15, 0.2) is 30.3 Å². The Bertz CT molecular complexity index is 219. The van der Waals surface area contributed by atoms with E-state index in [0.29, 0.717) is 6.04 Å².